The van der Waals surface area contributed by atoms with E-state index < -0.39 is 0 Å². The van der Waals surface area contributed by atoms with E-state index in [1.807, 2.05) is 0 Å². The third-order valence-corrected chi connectivity index (χ3v) is 2.71. The molecule has 0 bridgehead atoms. The van der Waals surface area contributed by atoms with Gasteiger partial charge in [0.15, 0.2) is 0 Å². The monoisotopic (exact) mass is 160 g/mol. The fourth-order valence-corrected chi connectivity index (χ4v) is 1.34. The average Bonchev–Trinajstić information content (AvgIpc) is 2.46. The maximum absolute atomic E-state index is 3.74. The summed E-state index contributed by atoms with van der Waals surface area (Å²) < 4.78 is 0. The van der Waals surface area contributed by atoms with Gasteiger partial charge in [0.1, 0.15) is 0 Å². The smallest absolute Gasteiger partial charge is 0.0122 e. The van der Waals surface area contributed by atoms with Crippen LogP contribution in [-0.2, 0) is 0 Å². The summed E-state index contributed by atoms with van der Waals surface area (Å²) in [6, 6.07) is 0. The van der Waals surface area contributed by atoms with E-state index in [0.29, 0.717) is 5.41 Å². The molecule has 1 saturated carbocycles. The van der Waals surface area contributed by atoms with Gasteiger partial charge >= 0.3 is 0 Å². The zero-order valence-electron chi connectivity index (χ0n) is 4.28. The third kappa shape index (κ3) is 0.880. The first-order valence-electron chi connectivity index (χ1n) is 2.52. The quantitative estimate of drug-likeness (QED) is 0.430. The van der Waals surface area contributed by atoms with Crippen LogP contribution in [0.4, 0.5) is 0 Å². The maximum atomic E-state index is 3.74. The molecule has 0 unspecified atom stereocenters. The Bertz CT molecular complexity index is 82.2. The molecule has 1 fully saturated rings. The van der Waals surface area contributed by atoms with Crippen LogP contribution in [0.25, 0.3) is 0 Å². The van der Waals surface area contributed by atoms with Crippen molar-refractivity contribution in [3.05, 3.63) is 12.7 Å². The molecule has 7 heavy (non-hydrogen) atoms. The van der Waals surface area contributed by atoms with Crippen LogP contribution in [-0.4, -0.2) is 5.33 Å². The molecule has 0 aromatic carbocycles. The minimum Gasteiger partial charge on any atom is -0.102 e. The Morgan fingerprint density at radius 3 is 2.29 bits per heavy atom. The van der Waals surface area contributed by atoms with Gasteiger partial charge in [0.05, 0.1) is 0 Å². The summed E-state index contributed by atoms with van der Waals surface area (Å²) in [5.41, 5.74) is 0.514. The maximum Gasteiger partial charge on any atom is 0.0122 e. The Kier molecular flexibility index (Phi) is 1.24. The minimum absolute atomic E-state index is 0.514. The highest BCUT2D eigenvalue weighted by atomic mass is 79.9. The van der Waals surface area contributed by atoms with Crippen LogP contribution in [0.1, 0.15) is 12.8 Å². The standard InChI is InChI=1S/C6H9Br/c1-2-6(5-7)3-4-6/h2H,1,3-5H2. The van der Waals surface area contributed by atoms with Gasteiger partial charge in [-0.15, -0.1) is 6.58 Å². The van der Waals surface area contributed by atoms with Gasteiger partial charge in [-0.3, -0.25) is 0 Å². The Labute approximate surface area is 52.7 Å². The number of rotatable bonds is 2. The molecule has 0 spiro atoms. The zero-order valence-corrected chi connectivity index (χ0v) is 5.87. The van der Waals surface area contributed by atoms with Crippen molar-refractivity contribution in [1.82, 2.24) is 0 Å². The molecule has 1 aliphatic rings. The summed E-state index contributed by atoms with van der Waals surface area (Å²) in [4.78, 5) is 0. The van der Waals surface area contributed by atoms with Crippen LogP contribution in [0.3, 0.4) is 0 Å². The first kappa shape index (κ1) is 5.36. The van der Waals surface area contributed by atoms with E-state index in [2.05, 4.69) is 28.6 Å². The molecule has 0 aromatic heterocycles. The van der Waals surface area contributed by atoms with Crippen LogP contribution >= 0.6 is 15.9 Å². The Hall–Kier alpha value is 0.220. The summed E-state index contributed by atoms with van der Waals surface area (Å²) in [6.45, 7) is 3.74. The van der Waals surface area contributed by atoms with Crippen molar-refractivity contribution in [2.24, 2.45) is 5.41 Å². The molecule has 0 amide bonds. The SMILES string of the molecule is C=CC1(CBr)CC1. The highest BCUT2D eigenvalue weighted by Gasteiger charge is 2.37. The molecule has 0 heterocycles. The van der Waals surface area contributed by atoms with E-state index in [-0.39, 0.29) is 0 Å². The molecule has 1 aliphatic carbocycles. The van der Waals surface area contributed by atoms with Crippen molar-refractivity contribution in [2.75, 3.05) is 5.33 Å². The van der Waals surface area contributed by atoms with E-state index in [4.69, 9.17) is 0 Å². The predicted molar refractivity (Wildman–Crippen MR) is 35.7 cm³/mol. The summed E-state index contributed by atoms with van der Waals surface area (Å²) in [5, 5.41) is 1.10. The molecule has 0 radical (unpaired) electrons. The highest BCUT2D eigenvalue weighted by molar-refractivity contribution is 9.09. The molecular formula is C6H9Br. The van der Waals surface area contributed by atoms with Crippen molar-refractivity contribution in [1.29, 1.82) is 0 Å². The van der Waals surface area contributed by atoms with Gasteiger partial charge in [-0.2, -0.15) is 0 Å². The Balaban J connectivity index is 2.42. The summed E-state index contributed by atoms with van der Waals surface area (Å²) in [5.74, 6) is 0. The fourth-order valence-electron chi connectivity index (χ4n) is 0.553. The lowest BCUT2D eigenvalue weighted by molar-refractivity contribution is 0.773. The van der Waals surface area contributed by atoms with Crippen molar-refractivity contribution < 1.29 is 0 Å². The van der Waals surface area contributed by atoms with Crippen molar-refractivity contribution in [3.63, 3.8) is 0 Å². The summed E-state index contributed by atoms with van der Waals surface area (Å²) in [6.07, 6.45) is 4.73. The molecule has 0 N–H and O–H groups in total. The zero-order chi connectivity index (χ0) is 5.33. The Morgan fingerprint density at radius 2 is 2.29 bits per heavy atom. The van der Waals surface area contributed by atoms with Gasteiger partial charge in [-0.25, -0.2) is 0 Å². The van der Waals surface area contributed by atoms with Gasteiger partial charge in [0.2, 0.25) is 0 Å². The fraction of sp³-hybridized carbons (Fsp3) is 0.667. The molecule has 0 aromatic rings. The second kappa shape index (κ2) is 1.62. The Morgan fingerprint density at radius 1 is 1.71 bits per heavy atom. The second-order valence-electron chi connectivity index (χ2n) is 2.20. The van der Waals surface area contributed by atoms with E-state index in [1.54, 1.807) is 0 Å². The van der Waals surface area contributed by atoms with E-state index >= 15 is 0 Å². The first-order chi connectivity index (χ1) is 3.33. The first-order valence-corrected chi connectivity index (χ1v) is 3.65. The highest BCUT2D eigenvalue weighted by Crippen LogP contribution is 2.47. The van der Waals surface area contributed by atoms with Crippen molar-refractivity contribution in [3.8, 4) is 0 Å². The lowest BCUT2D eigenvalue weighted by atomic mass is 10.1. The number of alkyl halides is 1. The normalized spacial score (nSPS) is 24.1. The van der Waals surface area contributed by atoms with Crippen LogP contribution in [0.5, 0.6) is 0 Å². The van der Waals surface area contributed by atoms with Crippen LogP contribution < -0.4 is 0 Å². The topological polar surface area (TPSA) is 0 Å². The van der Waals surface area contributed by atoms with Gasteiger partial charge < -0.3 is 0 Å². The molecule has 0 aliphatic heterocycles. The molecule has 40 valence electrons. The second-order valence-corrected chi connectivity index (χ2v) is 2.76. The van der Waals surface area contributed by atoms with Crippen molar-refractivity contribution >= 4 is 15.9 Å². The predicted octanol–water partition coefficient (Wildman–Crippen LogP) is 2.35. The number of hydrogen-bond donors (Lipinski definition) is 0. The van der Waals surface area contributed by atoms with Crippen molar-refractivity contribution in [2.45, 2.75) is 12.8 Å². The molecule has 1 heteroatoms. The molecular weight excluding hydrogens is 152 g/mol. The number of allylic oxidation sites excluding steroid dienone is 1. The van der Waals surface area contributed by atoms with E-state index in [9.17, 15) is 0 Å². The van der Waals surface area contributed by atoms with Gasteiger partial charge in [0.25, 0.3) is 0 Å². The summed E-state index contributed by atoms with van der Waals surface area (Å²) in [7, 11) is 0. The van der Waals surface area contributed by atoms with E-state index in [1.165, 1.54) is 12.8 Å². The number of halogens is 1. The molecule has 0 saturated heterocycles. The average molecular weight is 161 g/mol. The number of hydrogen-bond acceptors (Lipinski definition) is 0. The van der Waals surface area contributed by atoms with Crippen LogP contribution in [0, 0.1) is 5.41 Å². The minimum atomic E-state index is 0.514. The van der Waals surface area contributed by atoms with Crippen LogP contribution in [0.15, 0.2) is 12.7 Å². The van der Waals surface area contributed by atoms with Crippen LogP contribution in [0.2, 0.25) is 0 Å². The molecule has 0 nitrogen and oxygen atoms in total. The lowest BCUT2D eigenvalue weighted by Gasteiger charge is -1.98. The molecule has 0 atom stereocenters. The largest absolute Gasteiger partial charge is 0.102 e. The third-order valence-electron chi connectivity index (χ3n) is 1.59. The van der Waals surface area contributed by atoms with Gasteiger partial charge in [-0.1, -0.05) is 22.0 Å². The summed E-state index contributed by atoms with van der Waals surface area (Å²) >= 11 is 3.42. The van der Waals surface area contributed by atoms with E-state index in [0.717, 1.165) is 5.33 Å². The molecule has 1 rings (SSSR count). The van der Waals surface area contributed by atoms with Gasteiger partial charge in [0, 0.05) is 5.33 Å². The lowest BCUT2D eigenvalue weighted by Crippen LogP contribution is -1.93. The van der Waals surface area contributed by atoms with Gasteiger partial charge in [-0.05, 0) is 18.3 Å².